The Kier molecular flexibility index (Phi) is 3.04. The molecule has 1 spiro atoms. The number of hydrogen-bond acceptors (Lipinski definition) is 2. The molecule has 0 N–H and O–H groups in total. The van der Waals surface area contributed by atoms with Crippen molar-refractivity contribution in [1.29, 1.82) is 0 Å². The Morgan fingerprint density at radius 2 is 1.81 bits per heavy atom. The van der Waals surface area contributed by atoms with Crippen molar-refractivity contribution in [3.8, 4) is 0 Å². The molecule has 1 unspecified atom stereocenters. The zero-order chi connectivity index (χ0) is 11.9. The molecule has 2 radical (unpaired) electrons. The van der Waals surface area contributed by atoms with E-state index in [1.807, 2.05) is 11.8 Å². The first-order valence-electron chi connectivity index (χ1n) is 6.19. The van der Waals surface area contributed by atoms with Gasteiger partial charge in [-0.25, -0.2) is 0 Å². The summed E-state index contributed by atoms with van der Waals surface area (Å²) >= 11 is 0. The molecule has 0 aliphatic carbocycles. The minimum atomic E-state index is -0.0161. The monoisotopic (exact) mass is 220 g/mol. The molecule has 0 aromatic rings. The molecule has 0 aromatic heterocycles. The molecule has 0 bridgehead atoms. The van der Waals surface area contributed by atoms with Crippen LogP contribution in [0, 0.1) is 5.41 Å². The fraction of sp³-hybridized carbons (Fsp3) is 0.917. The normalized spacial score (nSPS) is 25.4. The summed E-state index contributed by atoms with van der Waals surface area (Å²) in [5.74, 6) is 0.209. The van der Waals surface area contributed by atoms with Gasteiger partial charge in [-0.2, -0.15) is 0 Å². The number of nitrogens with zero attached hydrogens (tertiary/aromatic N) is 2. The van der Waals surface area contributed by atoms with Gasteiger partial charge in [0, 0.05) is 44.1 Å². The zero-order valence-electron chi connectivity index (χ0n) is 10.6. The van der Waals surface area contributed by atoms with Gasteiger partial charge in [-0.1, -0.05) is 12.7 Å². The highest BCUT2D eigenvalue weighted by atomic mass is 16.2. The van der Waals surface area contributed by atoms with Crippen molar-refractivity contribution in [3.63, 3.8) is 0 Å². The lowest BCUT2D eigenvalue weighted by Gasteiger charge is -2.61. The van der Waals surface area contributed by atoms with Crippen LogP contribution in [0.5, 0.6) is 0 Å². The quantitative estimate of drug-likeness (QED) is 0.660. The van der Waals surface area contributed by atoms with Crippen molar-refractivity contribution in [3.05, 3.63) is 0 Å². The molecule has 3 nitrogen and oxygen atoms in total. The molecule has 88 valence electrons. The molecule has 2 aliphatic heterocycles. The third-order valence-corrected chi connectivity index (χ3v) is 3.71. The molecule has 2 saturated heterocycles. The van der Waals surface area contributed by atoms with Gasteiger partial charge in [0.25, 0.3) is 0 Å². The summed E-state index contributed by atoms with van der Waals surface area (Å²) in [7, 11) is 5.63. The van der Waals surface area contributed by atoms with Crippen molar-refractivity contribution < 1.29 is 4.79 Å². The molecule has 2 aliphatic rings. The topological polar surface area (TPSA) is 23.6 Å². The van der Waals surface area contributed by atoms with Crippen LogP contribution in [0.4, 0.5) is 0 Å². The lowest BCUT2D eigenvalue weighted by atomic mass is 9.71. The van der Waals surface area contributed by atoms with Gasteiger partial charge in [0.05, 0.1) is 7.85 Å². The van der Waals surface area contributed by atoms with E-state index in [0.29, 0.717) is 17.9 Å². The predicted molar refractivity (Wildman–Crippen MR) is 65.5 cm³/mol. The third-order valence-electron chi connectivity index (χ3n) is 3.71. The summed E-state index contributed by atoms with van der Waals surface area (Å²) in [6, 6.07) is 0.638. The molecule has 0 saturated carbocycles. The molecular weight excluding hydrogens is 199 g/mol. The van der Waals surface area contributed by atoms with Gasteiger partial charge in [-0.3, -0.25) is 9.69 Å². The highest BCUT2D eigenvalue weighted by molar-refractivity contribution is 6.12. The molecule has 1 amide bonds. The minimum absolute atomic E-state index is 0.0161. The average Bonchev–Trinajstić information content (AvgIpc) is 1.95. The zero-order valence-corrected chi connectivity index (χ0v) is 10.6. The Morgan fingerprint density at radius 1 is 1.25 bits per heavy atom. The van der Waals surface area contributed by atoms with Crippen LogP contribution in [0.1, 0.15) is 27.2 Å². The van der Waals surface area contributed by atoms with Gasteiger partial charge in [-0.15, -0.1) is 0 Å². The van der Waals surface area contributed by atoms with Crippen molar-refractivity contribution in [1.82, 2.24) is 9.80 Å². The minimum Gasteiger partial charge on any atom is -0.341 e. The van der Waals surface area contributed by atoms with Gasteiger partial charge in [-0.05, 0) is 13.8 Å². The van der Waals surface area contributed by atoms with Gasteiger partial charge in [0.2, 0.25) is 5.91 Å². The molecule has 2 rings (SSSR count). The third kappa shape index (κ3) is 2.12. The van der Waals surface area contributed by atoms with E-state index in [0.717, 1.165) is 26.2 Å². The van der Waals surface area contributed by atoms with Crippen LogP contribution < -0.4 is 0 Å². The maximum absolute atomic E-state index is 11.7. The van der Waals surface area contributed by atoms with Crippen molar-refractivity contribution in [2.75, 3.05) is 26.2 Å². The SMILES string of the molecule is [B]C(C)CC(=O)N1CC2(C1)CN(C(C)C)C2. The number of rotatable bonds is 3. The van der Waals surface area contributed by atoms with Gasteiger partial charge >= 0.3 is 0 Å². The molecule has 4 heteroatoms. The maximum atomic E-state index is 11.7. The van der Waals surface area contributed by atoms with E-state index in [-0.39, 0.29) is 11.7 Å². The van der Waals surface area contributed by atoms with Crippen LogP contribution in [0.2, 0.25) is 5.82 Å². The van der Waals surface area contributed by atoms with E-state index in [1.54, 1.807) is 0 Å². The van der Waals surface area contributed by atoms with Gasteiger partial charge in [0.1, 0.15) is 0 Å². The Labute approximate surface area is 99.6 Å². The lowest BCUT2D eigenvalue weighted by molar-refractivity contribution is -0.161. The molecule has 1 atom stereocenters. The molecule has 16 heavy (non-hydrogen) atoms. The van der Waals surface area contributed by atoms with Crippen LogP contribution in [0.3, 0.4) is 0 Å². The first kappa shape index (κ1) is 12.0. The van der Waals surface area contributed by atoms with E-state index >= 15 is 0 Å². The predicted octanol–water partition coefficient (Wildman–Crippen LogP) is 0.906. The van der Waals surface area contributed by atoms with Crippen molar-refractivity contribution in [2.24, 2.45) is 5.41 Å². The first-order chi connectivity index (χ1) is 7.42. The first-order valence-corrected chi connectivity index (χ1v) is 6.19. The van der Waals surface area contributed by atoms with Crippen LogP contribution in [0.25, 0.3) is 0 Å². The average molecular weight is 220 g/mol. The fourth-order valence-corrected chi connectivity index (χ4v) is 2.72. The number of carbonyl (C=O) groups is 1. The number of hydrogen-bond donors (Lipinski definition) is 0. The van der Waals surface area contributed by atoms with E-state index in [2.05, 4.69) is 18.7 Å². The summed E-state index contributed by atoms with van der Waals surface area (Å²) in [5, 5.41) is 0. The Balaban J connectivity index is 1.73. The maximum Gasteiger partial charge on any atom is 0.222 e. The summed E-state index contributed by atoms with van der Waals surface area (Å²) in [4.78, 5) is 16.1. The second-order valence-electron chi connectivity index (χ2n) is 5.93. The Hall–Kier alpha value is -0.505. The van der Waals surface area contributed by atoms with Crippen LogP contribution in [-0.4, -0.2) is 55.8 Å². The summed E-state index contributed by atoms with van der Waals surface area (Å²) < 4.78 is 0. The lowest BCUT2D eigenvalue weighted by Crippen LogP contribution is -2.73. The standard InChI is InChI=1S/C12H21BN2O/c1-9(2)14-5-12(6-14)7-15(8-12)11(16)4-10(3)13/h9-10H,4-8H2,1-3H3. The summed E-state index contributed by atoms with van der Waals surface area (Å²) in [5.41, 5.74) is 0.428. The highest BCUT2D eigenvalue weighted by Gasteiger charge is 2.53. The number of likely N-dealkylation sites (tertiary alicyclic amines) is 2. The van der Waals surface area contributed by atoms with Gasteiger partial charge in [0.15, 0.2) is 0 Å². The smallest absolute Gasteiger partial charge is 0.222 e. The molecular formula is C12H21BN2O. The van der Waals surface area contributed by atoms with Gasteiger partial charge < -0.3 is 4.90 Å². The van der Waals surface area contributed by atoms with Crippen LogP contribution >= 0.6 is 0 Å². The second-order valence-corrected chi connectivity index (χ2v) is 5.93. The van der Waals surface area contributed by atoms with Crippen molar-refractivity contribution in [2.45, 2.75) is 39.1 Å². The fourth-order valence-electron chi connectivity index (χ4n) is 2.72. The Morgan fingerprint density at radius 3 is 2.25 bits per heavy atom. The number of carbonyl (C=O) groups excluding carboxylic acids is 1. The van der Waals surface area contributed by atoms with Crippen LogP contribution in [-0.2, 0) is 4.79 Å². The van der Waals surface area contributed by atoms with Crippen molar-refractivity contribution >= 4 is 13.8 Å². The van der Waals surface area contributed by atoms with E-state index in [1.165, 1.54) is 0 Å². The summed E-state index contributed by atoms with van der Waals surface area (Å²) in [6.45, 7) is 10.6. The molecule has 2 fully saturated rings. The largest absolute Gasteiger partial charge is 0.341 e. The highest BCUT2D eigenvalue weighted by Crippen LogP contribution is 2.40. The molecule has 2 heterocycles. The van der Waals surface area contributed by atoms with Crippen LogP contribution in [0.15, 0.2) is 0 Å². The van der Waals surface area contributed by atoms with E-state index in [4.69, 9.17) is 7.85 Å². The van der Waals surface area contributed by atoms with E-state index < -0.39 is 0 Å². The molecule has 0 aromatic carbocycles. The van der Waals surface area contributed by atoms with E-state index in [9.17, 15) is 4.79 Å². The second kappa shape index (κ2) is 4.06. The number of amides is 1. The Bertz CT molecular complexity index is 277. The summed E-state index contributed by atoms with van der Waals surface area (Å²) in [6.07, 6.45) is 0.490.